The van der Waals surface area contributed by atoms with E-state index in [1.54, 1.807) is 0 Å². The summed E-state index contributed by atoms with van der Waals surface area (Å²) in [6, 6.07) is 5.18. The molecule has 2 N–H and O–H groups in total. The van der Waals surface area contributed by atoms with Gasteiger partial charge in [0.2, 0.25) is 0 Å². The predicted octanol–water partition coefficient (Wildman–Crippen LogP) is 1.87. The lowest BCUT2D eigenvalue weighted by Crippen LogP contribution is -2.32. The molecule has 0 aliphatic carbocycles. The summed E-state index contributed by atoms with van der Waals surface area (Å²) in [5, 5.41) is 7.13. The quantitative estimate of drug-likeness (QED) is 0.815. The highest BCUT2D eigenvalue weighted by Crippen LogP contribution is 2.14. The van der Waals surface area contributed by atoms with E-state index in [2.05, 4.69) is 28.6 Å². The van der Waals surface area contributed by atoms with Crippen LogP contribution in [0.15, 0.2) is 24.5 Å². The molecule has 1 aromatic rings. The van der Waals surface area contributed by atoms with Crippen molar-refractivity contribution in [3.05, 3.63) is 30.1 Å². The van der Waals surface area contributed by atoms with Crippen molar-refractivity contribution in [2.24, 2.45) is 0 Å². The molecule has 2 atom stereocenters. The lowest BCUT2D eigenvalue weighted by molar-refractivity contribution is 0.421. The molecule has 1 aliphatic heterocycles. The molecule has 1 fully saturated rings. The number of aromatic nitrogens is 1. The van der Waals surface area contributed by atoms with Crippen LogP contribution in [-0.4, -0.2) is 24.1 Å². The van der Waals surface area contributed by atoms with Gasteiger partial charge in [0.25, 0.3) is 0 Å². The van der Waals surface area contributed by atoms with Crippen molar-refractivity contribution in [1.82, 2.24) is 15.6 Å². The number of rotatable bonds is 3. The van der Waals surface area contributed by atoms with Crippen molar-refractivity contribution in [2.45, 2.75) is 38.3 Å². The van der Waals surface area contributed by atoms with Crippen LogP contribution in [0.5, 0.6) is 0 Å². The second-order valence-corrected chi connectivity index (χ2v) is 4.55. The zero-order chi connectivity index (χ0) is 11.2. The van der Waals surface area contributed by atoms with E-state index in [1.807, 2.05) is 18.5 Å². The Hall–Kier alpha value is -0.930. The lowest BCUT2D eigenvalue weighted by Gasteiger charge is -2.21. The summed E-state index contributed by atoms with van der Waals surface area (Å²) >= 11 is 0. The van der Waals surface area contributed by atoms with Gasteiger partial charge in [-0.05, 0) is 50.9 Å². The van der Waals surface area contributed by atoms with Gasteiger partial charge in [-0.1, -0.05) is 6.07 Å². The maximum absolute atomic E-state index is 4.17. The van der Waals surface area contributed by atoms with Gasteiger partial charge >= 0.3 is 0 Å². The summed E-state index contributed by atoms with van der Waals surface area (Å²) in [5.74, 6) is 0. The summed E-state index contributed by atoms with van der Waals surface area (Å²) in [4.78, 5) is 4.17. The van der Waals surface area contributed by atoms with Gasteiger partial charge in [0.1, 0.15) is 0 Å². The van der Waals surface area contributed by atoms with Crippen LogP contribution in [0.1, 0.15) is 37.8 Å². The van der Waals surface area contributed by atoms with E-state index in [-0.39, 0.29) is 0 Å². The van der Waals surface area contributed by atoms with Crippen LogP contribution in [-0.2, 0) is 0 Å². The lowest BCUT2D eigenvalue weighted by atomic mass is 10.1. The van der Waals surface area contributed by atoms with Gasteiger partial charge < -0.3 is 10.6 Å². The summed E-state index contributed by atoms with van der Waals surface area (Å²) in [6.45, 7) is 4.52. The molecule has 16 heavy (non-hydrogen) atoms. The highest BCUT2D eigenvalue weighted by molar-refractivity contribution is 5.13. The number of hydrogen-bond acceptors (Lipinski definition) is 3. The van der Waals surface area contributed by atoms with Crippen molar-refractivity contribution < 1.29 is 0 Å². The zero-order valence-electron chi connectivity index (χ0n) is 9.95. The largest absolute Gasteiger partial charge is 0.317 e. The molecular formula is C13H21N3. The van der Waals surface area contributed by atoms with Gasteiger partial charge in [-0.15, -0.1) is 0 Å². The molecule has 3 nitrogen and oxygen atoms in total. The monoisotopic (exact) mass is 219 g/mol. The SMILES string of the molecule is C[C@H](NC1CCCNCC1)c1cccnc1. The first-order valence-corrected chi connectivity index (χ1v) is 6.23. The fourth-order valence-corrected chi connectivity index (χ4v) is 2.27. The minimum atomic E-state index is 0.400. The Morgan fingerprint density at radius 1 is 1.44 bits per heavy atom. The Bertz CT molecular complexity index is 291. The topological polar surface area (TPSA) is 37.0 Å². The molecule has 1 unspecified atom stereocenters. The minimum Gasteiger partial charge on any atom is -0.317 e. The normalized spacial score (nSPS) is 23.7. The molecule has 0 aromatic carbocycles. The highest BCUT2D eigenvalue weighted by atomic mass is 15.0. The second-order valence-electron chi connectivity index (χ2n) is 4.55. The van der Waals surface area contributed by atoms with Crippen LogP contribution in [0.4, 0.5) is 0 Å². The van der Waals surface area contributed by atoms with Crippen molar-refractivity contribution >= 4 is 0 Å². The number of nitrogens with zero attached hydrogens (tertiary/aromatic N) is 1. The summed E-state index contributed by atoms with van der Waals surface area (Å²) in [7, 11) is 0. The summed E-state index contributed by atoms with van der Waals surface area (Å²) in [6.07, 6.45) is 7.55. The Morgan fingerprint density at radius 2 is 2.38 bits per heavy atom. The van der Waals surface area contributed by atoms with Crippen molar-refractivity contribution in [1.29, 1.82) is 0 Å². The molecule has 1 aromatic heterocycles. The van der Waals surface area contributed by atoms with Gasteiger partial charge in [-0.25, -0.2) is 0 Å². The van der Waals surface area contributed by atoms with E-state index in [1.165, 1.54) is 31.4 Å². The van der Waals surface area contributed by atoms with Crippen LogP contribution in [0.2, 0.25) is 0 Å². The first kappa shape index (κ1) is 11.6. The van der Waals surface area contributed by atoms with Gasteiger partial charge in [0.15, 0.2) is 0 Å². The van der Waals surface area contributed by atoms with Crippen LogP contribution < -0.4 is 10.6 Å². The maximum atomic E-state index is 4.17. The predicted molar refractivity (Wildman–Crippen MR) is 66.3 cm³/mol. The first-order chi connectivity index (χ1) is 7.86. The van der Waals surface area contributed by atoms with E-state index < -0.39 is 0 Å². The molecule has 0 bridgehead atoms. The minimum absolute atomic E-state index is 0.400. The standard InChI is InChI=1S/C13H21N3/c1-11(12-4-2-8-15-10-12)16-13-5-3-7-14-9-6-13/h2,4,8,10-11,13-14,16H,3,5-7,9H2,1H3/t11-,13?/m0/s1. The van der Waals surface area contributed by atoms with Gasteiger partial charge in [-0.2, -0.15) is 0 Å². The second kappa shape index (κ2) is 5.97. The number of pyridine rings is 1. The number of nitrogens with one attached hydrogen (secondary N) is 2. The Morgan fingerprint density at radius 3 is 3.19 bits per heavy atom. The third-order valence-electron chi connectivity index (χ3n) is 3.25. The Balaban J connectivity index is 1.88. The van der Waals surface area contributed by atoms with Crippen molar-refractivity contribution in [3.8, 4) is 0 Å². The molecule has 2 rings (SSSR count). The van der Waals surface area contributed by atoms with E-state index in [0.717, 1.165) is 6.54 Å². The Labute approximate surface area is 97.7 Å². The third kappa shape index (κ3) is 3.29. The zero-order valence-corrected chi connectivity index (χ0v) is 9.95. The van der Waals surface area contributed by atoms with Crippen molar-refractivity contribution in [2.75, 3.05) is 13.1 Å². The fourth-order valence-electron chi connectivity index (χ4n) is 2.27. The highest BCUT2D eigenvalue weighted by Gasteiger charge is 2.14. The number of hydrogen-bond donors (Lipinski definition) is 2. The van der Waals surface area contributed by atoms with Crippen LogP contribution >= 0.6 is 0 Å². The van der Waals surface area contributed by atoms with E-state index in [0.29, 0.717) is 12.1 Å². The van der Waals surface area contributed by atoms with Crippen LogP contribution in [0.3, 0.4) is 0 Å². The third-order valence-corrected chi connectivity index (χ3v) is 3.25. The first-order valence-electron chi connectivity index (χ1n) is 6.23. The molecule has 0 amide bonds. The molecule has 0 radical (unpaired) electrons. The molecule has 88 valence electrons. The van der Waals surface area contributed by atoms with Crippen molar-refractivity contribution in [3.63, 3.8) is 0 Å². The maximum Gasteiger partial charge on any atom is 0.0315 e. The smallest absolute Gasteiger partial charge is 0.0315 e. The van der Waals surface area contributed by atoms with Crippen LogP contribution in [0, 0.1) is 0 Å². The van der Waals surface area contributed by atoms with Gasteiger partial charge in [0.05, 0.1) is 0 Å². The van der Waals surface area contributed by atoms with E-state index in [4.69, 9.17) is 0 Å². The van der Waals surface area contributed by atoms with E-state index >= 15 is 0 Å². The molecule has 0 saturated carbocycles. The molecule has 0 spiro atoms. The van der Waals surface area contributed by atoms with Gasteiger partial charge in [0, 0.05) is 24.5 Å². The molecule has 3 heteroatoms. The summed E-state index contributed by atoms with van der Waals surface area (Å²) < 4.78 is 0. The van der Waals surface area contributed by atoms with Gasteiger partial charge in [-0.3, -0.25) is 4.98 Å². The Kier molecular flexibility index (Phi) is 4.31. The van der Waals surface area contributed by atoms with Crippen LogP contribution in [0.25, 0.3) is 0 Å². The molecule has 2 heterocycles. The molecule has 1 saturated heterocycles. The average molecular weight is 219 g/mol. The summed E-state index contributed by atoms with van der Waals surface area (Å²) in [5.41, 5.74) is 1.28. The van der Waals surface area contributed by atoms with E-state index in [9.17, 15) is 0 Å². The molecular weight excluding hydrogens is 198 g/mol. The average Bonchev–Trinajstić information content (AvgIpc) is 2.59. The molecule has 1 aliphatic rings. The fraction of sp³-hybridized carbons (Fsp3) is 0.615.